The first-order valence-electron chi connectivity index (χ1n) is 9.77. The Morgan fingerprint density at radius 2 is 1.81 bits per heavy atom. The van der Waals surface area contributed by atoms with Gasteiger partial charge in [0.05, 0.1) is 25.6 Å². The van der Waals surface area contributed by atoms with E-state index in [4.69, 9.17) is 14.5 Å². The number of tetrazole rings is 1. The molecule has 4 rings (SSSR count). The zero-order valence-electron chi connectivity index (χ0n) is 17.8. The van der Waals surface area contributed by atoms with E-state index in [1.807, 2.05) is 30.3 Å². The fourth-order valence-corrected chi connectivity index (χ4v) is 4.75. The summed E-state index contributed by atoms with van der Waals surface area (Å²) in [6.07, 6.45) is 0. The smallest absolute Gasteiger partial charge is 0.214 e. The van der Waals surface area contributed by atoms with Gasteiger partial charge in [-0.1, -0.05) is 37.7 Å². The summed E-state index contributed by atoms with van der Waals surface area (Å²) >= 11 is 3.16. The second-order valence-corrected chi connectivity index (χ2v) is 8.92. The minimum atomic E-state index is 0.487. The molecular weight excluding hydrogens is 430 g/mol. The van der Waals surface area contributed by atoms with Gasteiger partial charge in [-0.3, -0.25) is 0 Å². The van der Waals surface area contributed by atoms with Gasteiger partial charge in [-0.05, 0) is 52.2 Å². The molecule has 0 saturated carbocycles. The van der Waals surface area contributed by atoms with E-state index in [9.17, 15) is 0 Å². The average Bonchev–Trinajstić information content (AvgIpc) is 3.46. The zero-order valence-corrected chi connectivity index (χ0v) is 19.4. The number of thiazole rings is 1. The number of methoxy groups -OCH3 is 2. The summed E-state index contributed by atoms with van der Waals surface area (Å²) in [6, 6.07) is 14.1. The van der Waals surface area contributed by atoms with E-state index in [0.717, 1.165) is 27.1 Å². The third-order valence-electron chi connectivity index (χ3n) is 4.78. The molecule has 0 aliphatic carbocycles. The predicted molar refractivity (Wildman–Crippen MR) is 123 cm³/mol. The molecule has 0 amide bonds. The summed E-state index contributed by atoms with van der Waals surface area (Å²) in [7, 11) is 3.26. The number of thioether (sulfide) groups is 1. The summed E-state index contributed by atoms with van der Waals surface area (Å²) in [4.78, 5) is 4.77. The lowest BCUT2D eigenvalue weighted by atomic mass is 10.0. The van der Waals surface area contributed by atoms with Crippen molar-refractivity contribution in [2.24, 2.45) is 0 Å². The Kier molecular flexibility index (Phi) is 6.53. The number of benzene rings is 2. The van der Waals surface area contributed by atoms with E-state index >= 15 is 0 Å². The van der Waals surface area contributed by atoms with Gasteiger partial charge >= 0.3 is 0 Å². The average molecular weight is 454 g/mol. The topological polar surface area (TPSA) is 75.0 Å². The van der Waals surface area contributed by atoms with Crippen molar-refractivity contribution in [3.05, 3.63) is 59.1 Å². The standard InChI is InChI=1S/C22H23N5O2S2/c1-14(2)15-5-8-18(9-6-15)27-22(24-25-26-27)31-13-17-12-30-21(23-17)16-7-10-19(28-3)20(11-16)29-4/h5-12,14H,13H2,1-4H3. The van der Waals surface area contributed by atoms with E-state index in [0.29, 0.717) is 23.2 Å². The van der Waals surface area contributed by atoms with Gasteiger partial charge in [-0.15, -0.1) is 16.4 Å². The second-order valence-electron chi connectivity index (χ2n) is 7.12. The van der Waals surface area contributed by atoms with Gasteiger partial charge in [0.15, 0.2) is 11.5 Å². The maximum atomic E-state index is 5.40. The molecule has 0 fully saturated rings. The maximum Gasteiger partial charge on any atom is 0.214 e. The Morgan fingerprint density at radius 1 is 1.03 bits per heavy atom. The monoisotopic (exact) mass is 453 g/mol. The minimum Gasteiger partial charge on any atom is -0.493 e. The van der Waals surface area contributed by atoms with Gasteiger partial charge in [0.1, 0.15) is 5.01 Å². The predicted octanol–water partition coefficient (Wildman–Crippen LogP) is 5.22. The van der Waals surface area contributed by atoms with E-state index in [-0.39, 0.29) is 0 Å². The molecule has 31 heavy (non-hydrogen) atoms. The van der Waals surface area contributed by atoms with Crippen molar-refractivity contribution in [2.45, 2.75) is 30.7 Å². The highest BCUT2D eigenvalue weighted by atomic mass is 32.2. The lowest BCUT2D eigenvalue weighted by molar-refractivity contribution is 0.355. The van der Waals surface area contributed by atoms with Crippen LogP contribution in [0.5, 0.6) is 11.5 Å². The third-order valence-corrected chi connectivity index (χ3v) is 6.67. The first-order valence-corrected chi connectivity index (χ1v) is 11.6. The molecule has 4 aromatic rings. The molecule has 2 aromatic heterocycles. The molecule has 0 aliphatic rings. The van der Waals surface area contributed by atoms with Crippen molar-refractivity contribution < 1.29 is 9.47 Å². The van der Waals surface area contributed by atoms with Gasteiger partial charge in [-0.25, -0.2) is 4.98 Å². The number of hydrogen-bond donors (Lipinski definition) is 0. The molecular formula is C22H23N5O2S2. The quantitative estimate of drug-likeness (QED) is 0.339. The number of aromatic nitrogens is 5. The Balaban J connectivity index is 1.47. The van der Waals surface area contributed by atoms with Crippen LogP contribution in [0, 0.1) is 0 Å². The van der Waals surface area contributed by atoms with Crippen molar-refractivity contribution in [1.29, 1.82) is 0 Å². The molecule has 0 unspecified atom stereocenters. The van der Waals surface area contributed by atoms with Crippen LogP contribution in [0.2, 0.25) is 0 Å². The largest absolute Gasteiger partial charge is 0.493 e. The number of rotatable bonds is 8. The number of ether oxygens (including phenoxy) is 2. The molecule has 2 aromatic carbocycles. The van der Waals surface area contributed by atoms with Crippen LogP contribution in [0.4, 0.5) is 0 Å². The summed E-state index contributed by atoms with van der Waals surface area (Å²) in [6.45, 7) is 4.36. The highest BCUT2D eigenvalue weighted by molar-refractivity contribution is 7.98. The molecule has 0 radical (unpaired) electrons. The fraction of sp³-hybridized carbons (Fsp3) is 0.273. The Labute approximate surface area is 189 Å². The molecule has 0 N–H and O–H groups in total. The molecule has 0 spiro atoms. The molecule has 160 valence electrons. The first-order chi connectivity index (χ1) is 15.1. The molecule has 7 nitrogen and oxygen atoms in total. The molecule has 9 heteroatoms. The van der Waals surface area contributed by atoms with E-state index in [1.165, 1.54) is 5.56 Å². The summed E-state index contributed by atoms with van der Waals surface area (Å²) in [5.74, 6) is 2.55. The van der Waals surface area contributed by atoms with Crippen LogP contribution in [-0.2, 0) is 5.75 Å². The van der Waals surface area contributed by atoms with Gasteiger partial charge in [-0.2, -0.15) is 4.68 Å². The third kappa shape index (κ3) is 4.72. The normalized spacial score (nSPS) is 11.1. The van der Waals surface area contributed by atoms with Crippen molar-refractivity contribution in [3.63, 3.8) is 0 Å². The van der Waals surface area contributed by atoms with E-state index < -0.39 is 0 Å². The SMILES string of the molecule is COc1ccc(-c2nc(CSc3nnnn3-c3ccc(C(C)C)cc3)cs2)cc1OC. The Hall–Kier alpha value is -2.91. The highest BCUT2D eigenvalue weighted by Crippen LogP contribution is 2.34. The summed E-state index contributed by atoms with van der Waals surface area (Å²) in [5.41, 5.74) is 4.20. The van der Waals surface area contributed by atoms with Crippen LogP contribution in [0.3, 0.4) is 0 Å². The molecule has 0 atom stereocenters. The molecule has 0 aliphatic heterocycles. The van der Waals surface area contributed by atoms with Gasteiger partial charge in [0.2, 0.25) is 5.16 Å². The van der Waals surface area contributed by atoms with E-state index in [2.05, 4.69) is 46.9 Å². The van der Waals surface area contributed by atoms with Crippen LogP contribution in [0.25, 0.3) is 16.3 Å². The molecule has 0 saturated heterocycles. The Morgan fingerprint density at radius 3 is 2.52 bits per heavy atom. The Bertz CT molecular complexity index is 1150. The van der Waals surface area contributed by atoms with Crippen molar-refractivity contribution >= 4 is 23.1 Å². The lowest BCUT2D eigenvalue weighted by Crippen LogP contribution is -2.00. The van der Waals surface area contributed by atoms with E-state index in [1.54, 1.807) is 42.0 Å². The van der Waals surface area contributed by atoms with Gasteiger partial charge in [0.25, 0.3) is 0 Å². The lowest BCUT2D eigenvalue weighted by Gasteiger charge is -2.08. The molecule has 2 heterocycles. The second kappa shape index (κ2) is 9.49. The van der Waals surface area contributed by atoms with Crippen LogP contribution < -0.4 is 9.47 Å². The maximum absolute atomic E-state index is 5.40. The van der Waals surface area contributed by atoms with Crippen LogP contribution in [0.1, 0.15) is 31.0 Å². The summed E-state index contributed by atoms with van der Waals surface area (Å²) in [5, 5.41) is 15.9. The van der Waals surface area contributed by atoms with Crippen molar-refractivity contribution in [1.82, 2.24) is 25.2 Å². The van der Waals surface area contributed by atoms with Gasteiger partial charge < -0.3 is 9.47 Å². The highest BCUT2D eigenvalue weighted by Gasteiger charge is 2.13. The van der Waals surface area contributed by atoms with Crippen LogP contribution in [0.15, 0.2) is 53.0 Å². The minimum absolute atomic E-state index is 0.487. The summed E-state index contributed by atoms with van der Waals surface area (Å²) < 4.78 is 12.5. The fourth-order valence-electron chi connectivity index (χ4n) is 3.04. The van der Waals surface area contributed by atoms with Gasteiger partial charge in [0, 0.05) is 16.7 Å². The van der Waals surface area contributed by atoms with Crippen LogP contribution >= 0.6 is 23.1 Å². The number of hydrogen-bond acceptors (Lipinski definition) is 8. The number of nitrogens with zero attached hydrogens (tertiary/aromatic N) is 5. The van der Waals surface area contributed by atoms with Crippen molar-refractivity contribution in [3.8, 4) is 27.8 Å². The van der Waals surface area contributed by atoms with Crippen molar-refractivity contribution in [2.75, 3.05) is 14.2 Å². The molecule has 0 bridgehead atoms. The first kappa shape index (κ1) is 21.3. The zero-order chi connectivity index (χ0) is 21.8. The van der Waals surface area contributed by atoms with Crippen LogP contribution in [-0.4, -0.2) is 39.4 Å².